The molecule has 0 saturated carbocycles. The average Bonchev–Trinajstić information content (AvgIpc) is 2.48. The Kier molecular flexibility index (Phi) is 1.07. The summed E-state index contributed by atoms with van der Waals surface area (Å²) in [4.78, 5) is 25.3. The van der Waals surface area contributed by atoms with Crippen molar-refractivity contribution in [1.82, 2.24) is 19.9 Å². The van der Waals surface area contributed by atoms with Gasteiger partial charge in [0.25, 0.3) is 5.56 Å². The summed E-state index contributed by atoms with van der Waals surface area (Å²) in [5.74, 6) is 1.30. The summed E-state index contributed by atoms with van der Waals surface area (Å²) >= 11 is 0. The molecule has 66 valence electrons. The minimum absolute atomic E-state index is 0.173. The maximum atomic E-state index is 11.4. The third-order valence-corrected chi connectivity index (χ3v) is 2.06. The highest BCUT2D eigenvalue weighted by atomic mass is 16.1. The van der Waals surface area contributed by atoms with Crippen molar-refractivity contribution < 1.29 is 0 Å². The smallest absolute Gasteiger partial charge is 0.278 e. The molecule has 3 N–H and O–H groups in total. The van der Waals surface area contributed by atoms with Crippen LogP contribution >= 0.6 is 0 Å². The fourth-order valence-corrected chi connectivity index (χ4v) is 1.46. The molecule has 0 fully saturated rings. The summed E-state index contributed by atoms with van der Waals surface area (Å²) in [5.41, 5.74) is 0.775. The molecule has 0 spiro atoms. The van der Waals surface area contributed by atoms with E-state index in [2.05, 4.69) is 25.3 Å². The molecule has 1 aliphatic rings. The Hall–Kier alpha value is -1.85. The Balaban J connectivity index is 2.53. The first-order valence-electron chi connectivity index (χ1n) is 4.06. The molecule has 3 heterocycles. The Morgan fingerprint density at radius 3 is 3.08 bits per heavy atom. The molecule has 0 radical (unpaired) electrons. The number of rotatable bonds is 0. The molecule has 3 bridgehead atoms. The summed E-state index contributed by atoms with van der Waals surface area (Å²) in [6.45, 7) is 0.728. The van der Waals surface area contributed by atoms with Crippen LogP contribution in [0.3, 0.4) is 0 Å². The summed E-state index contributed by atoms with van der Waals surface area (Å²) in [7, 11) is 0. The number of hydrogen-bond donors (Lipinski definition) is 3. The molecule has 6 heteroatoms. The van der Waals surface area contributed by atoms with Gasteiger partial charge in [-0.1, -0.05) is 0 Å². The number of H-pyrrole nitrogens is 2. The third kappa shape index (κ3) is 0.851. The molecule has 0 atom stereocenters. The first kappa shape index (κ1) is 6.64. The topological polar surface area (TPSA) is 86.5 Å². The number of nitrogens with one attached hydrogen (secondary N) is 3. The standard InChI is InChI=1S/C7H7N5O/c13-6-4-5-10-3(9-4)1-2-8-7(11-5)12-6/h1-2H2,(H3,8,9,10,11,12,13). The lowest BCUT2D eigenvalue weighted by Crippen LogP contribution is -2.14. The monoisotopic (exact) mass is 177 g/mol. The number of anilines is 1. The van der Waals surface area contributed by atoms with Gasteiger partial charge in [0.05, 0.1) is 0 Å². The first-order chi connectivity index (χ1) is 6.33. The van der Waals surface area contributed by atoms with E-state index in [0.29, 0.717) is 17.1 Å². The molecule has 13 heavy (non-hydrogen) atoms. The van der Waals surface area contributed by atoms with Gasteiger partial charge in [-0.2, -0.15) is 4.98 Å². The lowest BCUT2D eigenvalue weighted by atomic mass is 10.4. The third-order valence-electron chi connectivity index (χ3n) is 2.06. The highest BCUT2D eigenvalue weighted by Crippen LogP contribution is 2.09. The van der Waals surface area contributed by atoms with Crippen LogP contribution in [0.15, 0.2) is 4.79 Å². The quantitative estimate of drug-likeness (QED) is 0.511. The number of hydrogen-bond acceptors (Lipinski definition) is 4. The van der Waals surface area contributed by atoms with E-state index in [-0.39, 0.29) is 5.56 Å². The average molecular weight is 177 g/mol. The van der Waals surface area contributed by atoms with Crippen LogP contribution in [0, 0.1) is 0 Å². The summed E-state index contributed by atoms with van der Waals surface area (Å²) in [6.07, 6.45) is 0.779. The zero-order valence-electron chi connectivity index (χ0n) is 6.72. The van der Waals surface area contributed by atoms with Crippen LogP contribution in [-0.2, 0) is 6.42 Å². The van der Waals surface area contributed by atoms with E-state index in [9.17, 15) is 4.79 Å². The molecule has 2 aromatic rings. The van der Waals surface area contributed by atoms with E-state index >= 15 is 0 Å². The molecule has 1 aliphatic heterocycles. The van der Waals surface area contributed by atoms with Crippen molar-refractivity contribution in [1.29, 1.82) is 0 Å². The molecule has 0 aromatic carbocycles. The van der Waals surface area contributed by atoms with E-state index in [4.69, 9.17) is 0 Å². The van der Waals surface area contributed by atoms with Crippen LogP contribution in [0.25, 0.3) is 11.2 Å². The molecule has 6 nitrogen and oxygen atoms in total. The minimum Gasteiger partial charge on any atom is -0.355 e. The van der Waals surface area contributed by atoms with Gasteiger partial charge in [0.1, 0.15) is 5.82 Å². The Bertz CT molecular complexity index is 525. The minimum atomic E-state index is -0.173. The van der Waals surface area contributed by atoms with E-state index in [1.807, 2.05) is 0 Å². The number of imidazole rings is 1. The van der Waals surface area contributed by atoms with E-state index in [1.165, 1.54) is 0 Å². The molecular weight excluding hydrogens is 170 g/mol. The number of nitrogens with zero attached hydrogens (tertiary/aromatic N) is 2. The van der Waals surface area contributed by atoms with Gasteiger partial charge in [-0.25, -0.2) is 4.98 Å². The highest BCUT2D eigenvalue weighted by molar-refractivity contribution is 5.70. The van der Waals surface area contributed by atoms with E-state index in [1.54, 1.807) is 0 Å². The SMILES string of the molecule is O=c1[nH]c2nc3nc([nH]c13)CCN2. The normalized spacial score (nSPS) is 14.5. The predicted octanol–water partition coefficient (Wildman–Crippen LogP) is -0.386. The fraction of sp³-hybridized carbons (Fsp3) is 0.286. The van der Waals surface area contributed by atoms with Gasteiger partial charge in [-0.3, -0.25) is 9.78 Å². The second-order valence-corrected chi connectivity index (χ2v) is 2.97. The Morgan fingerprint density at radius 2 is 2.15 bits per heavy atom. The van der Waals surface area contributed by atoms with Crippen LogP contribution in [-0.4, -0.2) is 26.5 Å². The molecule has 0 saturated heterocycles. The van der Waals surface area contributed by atoms with Gasteiger partial charge >= 0.3 is 0 Å². The van der Waals surface area contributed by atoms with Crippen molar-refractivity contribution in [2.45, 2.75) is 6.42 Å². The van der Waals surface area contributed by atoms with Gasteiger partial charge in [-0.05, 0) is 0 Å². The zero-order chi connectivity index (χ0) is 8.84. The number of aromatic nitrogens is 4. The van der Waals surface area contributed by atoms with Crippen LogP contribution in [0.1, 0.15) is 5.82 Å². The van der Waals surface area contributed by atoms with Gasteiger partial charge < -0.3 is 10.3 Å². The summed E-state index contributed by atoms with van der Waals surface area (Å²) < 4.78 is 0. The molecular formula is C7H7N5O. The first-order valence-corrected chi connectivity index (χ1v) is 4.06. The largest absolute Gasteiger partial charge is 0.355 e. The molecule has 0 aliphatic carbocycles. The molecule has 0 amide bonds. The second-order valence-electron chi connectivity index (χ2n) is 2.97. The Morgan fingerprint density at radius 1 is 1.23 bits per heavy atom. The van der Waals surface area contributed by atoms with Crippen molar-refractivity contribution in [3.8, 4) is 0 Å². The van der Waals surface area contributed by atoms with Crippen molar-refractivity contribution >= 4 is 17.1 Å². The van der Waals surface area contributed by atoms with Crippen molar-refractivity contribution in [3.63, 3.8) is 0 Å². The fourth-order valence-electron chi connectivity index (χ4n) is 1.46. The van der Waals surface area contributed by atoms with Crippen LogP contribution in [0.5, 0.6) is 0 Å². The van der Waals surface area contributed by atoms with E-state index in [0.717, 1.165) is 18.8 Å². The van der Waals surface area contributed by atoms with Gasteiger partial charge in [0.2, 0.25) is 5.95 Å². The summed E-state index contributed by atoms with van der Waals surface area (Å²) in [6, 6.07) is 0. The maximum absolute atomic E-state index is 11.4. The van der Waals surface area contributed by atoms with Crippen LogP contribution < -0.4 is 10.9 Å². The second kappa shape index (κ2) is 2.09. The zero-order valence-corrected chi connectivity index (χ0v) is 6.72. The van der Waals surface area contributed by atoms with Gasteiger partial charge in [0, 0.05) is 13.0 Å². The van der Waals surface area contributed by atoms with Gasteiger partial charge in [0.15, 0.2) is 11.2 Å². The highest BCUT2D eigenvalue weighted by Gasteiger charge is 2.11. The number of aromatic amines is 2. The van der Waals surface area contributed by atoms with E-state index < -0.39 is 0 Å². The van der Waals surface area contributed by atoms with Crippen molar-refractivity contribution in [2.75, 3.05) is 11.9 Å². The maximum Gasteiger partial charge on any atom is 0.278 e. The molecule has 2 aromatic heterocycles. The summed E-state index contributed by atoms with van der Waals surface area (Å²) in [5, 5.41) is 3.00. The number of fused-ring (bicyclic) bond motifs is 2. The van der Waals surface area contributed by atoms with Crippen LogP contribution in [0.4, 0.5) is 5.95 Å². The van der Waals surface area contributed by atoms with Crippen molar-refractivity contribution in [3.05, 3.63) is 16.2 Å². The van der Waals surface area contributed by atoms with Gasteiger partial charge in [-0.15, -0.1) is 0 Å². The molecule has 0 unspecified atom stereocenters. The Labute approximate surface area is 72.4 Å². The lowest BCUT2D eigenvalue weighted by Gasteiger charge is -2.03. The predicted molar refractivity (Wildman–Crippen MR) is 46.7 cm³/mol. The van der Waals surface area contributed by atoms with Crippen LogP contribution in [0.2, 0.25) is 0 Å². The lowest BCUT2D eigenvalue weighted by molar-refractivity contribution is 0.912. The van der Waals surface area contributed by atoms with Crippen molar-refractivity contribution in [2.24, 2.45) is 0 Å². The molecule has 3 rings (SSSR count).